The topological polar surface area (TPSA) is 55.6 Å². The predicted octanol–water partition coefficient (Wildman–Crippen LogP) is 1.59. The first-order valence-corrected chi connectivity index (χ1v) is 5.36. The van der Waals surface area contributed by atoms with E-state index in [0.29, 0.717) is 19.0 Å². The number of nitrogens with zero attached hydrogens (tertiary/aromatic N) is 1. The number of amides is 1. The second-order valence-electron chi connectivity index (χ2n) is 5.90. The first-order chi connectivity index (χ1) is 6.59. The van der Waals surface area contributed by atoms with Gasteiger partial charge in [0.15, 0.2) is 0 Å². The normalized spacial score (nSPS) is 18.7. The van der Waals surface area contributed by atoms with E-state index in [4.69, 9.17) is 10.5 Å². The number of rotatable bonds is 1. The Balaban J connectivity index is 2.37. The summed E-state index contributed by atoms with van der Waals surface area (Å²) in [5, 5.41) is 0. The van der Waals surface area contributed by atoms with Gasteiger partial charge >= 0.3 is 6.09 Å². The quantitative estimate of drug-likeness (QED) is 0.721. The summed E-state index contributed by atoms with van der Waals surface area (Å²) in [5.74, 6) is 0.380. The van der Waals surface area contributed by atoms with Crippen LogP contribution >= 0.6 is 0 Å². The number of carbonyl (C=O) groups is 1. The Morgan fingerprint density at radius 1 is 1.27 bits per heavy atom. The SMILES string of the molecule is CC(C)(C)OC(=O)N1CC(C(C)(C)N)C1. The van der Waals surface area contributed by atoms with Crippen LogP contribution in [-0.2, 0) is 4.74 Å². The van der Waals surface area contributed by atoms with Gasteiger partial charge in [-0.1, -0.05) is 0 Å². The monoisotopic (exact) mass is 214 g/mol. The summed E-state index contributed by atoms with van der Waals surface area (Å²) in [6.45, 7) is 11.0. The molecule has 1 fully saturated rings. The minimum atomic E-state index is -0.416. The fourth-order valence-electron chi connectivity index (χ4n) is 1.42. The van der Waals surface area contributed by atoms with E-state index in [1.54, 1.807) is 4.90 Å². The summed E-state index contributed by atoms with van der Waals surface area (Å²) in [5.41, 5.74) is 5.33. The van der Waals surface area contributed by atoms with E-state index in [1.165, 1.54) is 0 Å². The van der Waals surface area contributed by atoms with Crippen LogP contribution in [0.15, 0.2) is 0 Å². The highest BCUT2D eigenvalue weighted by atomic mass is 16.6. The smallest absolute Gasteiger partial charge is 0.410 e. The van der Waals surface area contributed by atoms with Crippen LogP contribution in [0.1, 0.15) is 34.6 Å². The second kappa shape index (κ2) is 3.67. The lowest BCUT2D eigenvalue weighted by atomic mass is 9.83. The lowest BCUT2D eigenvalue weighted by molar-refractivity contribution is -0.0112. The molecule has 0 aromatic rings. The average Bonchev–Trinajstić information content (AvgIpc) is 1.72. The van der Waals surface area contributed by atoms with Crippen LogP contribution in [0.25, 0.3) is 0 Å². The van der Waals surface area contributed by atoms with Crippen molar-refractivity contribution in [3.63, 3.8) is 0 Å². The fraction of sp³-hybridized carbons (Fsp3) is 0.909. The van der Waals surface area contributed by atoms with E-state index in [-0.39, 0.29) is 11.6 Å². The molecule has 0 aliphatic carbocycles. The van der Waals surface area contributed by atoms with Gasteiger partial charge in [-0.2, -0.15) is 0 Å². The van der Waals surface area contributed by atoms with Crippen molar-refractivity contribution in [3.05, 3.63) is 0 Å². The molecular formula is C11H22N2O2. The Labute approximate surface area is 91.8 Å². The number of ether oxygens (including phenoxy) is 1. The standard InChI is InChI=1S/C11H22N2O2/c1-10(2,3)15-9(14)13-6-8(7-13)11(4,5)12/h8H,6-7,12H2,1-5H3. The number of likely N-dealkylation sites (tertiary alicyclic amines) is 1. The van der Waals surface area contributed by atoms with Gasteiger partial charge in [-0.05, 0) is 34.6 Å². The van der Waals surface area contributed by atoms with Gasteiger partial charge in [0.25, 0.3) is 0 Å². The maximum atomic E-state index is 11.6. The highest BCUT2D eigenvalue weighted by Gasteiger charge is 2.40. The summed E-state index contributed by atoms with van der Waals surface area (Å²) in [6, 6.07) is 0. The van der Waals surface area contributed by atoms with Gasteiger partial charge in [0.05, 0.1) is 0 Å². The molecule has 15 heavy (non-hydrogen) atoms. The summed E-state index contributed by atoms with van der Waals surface area (Å²) >= 11 is 0. The molecular weight excluding hydrogens is 192 g/mol. The van der Waals surface area contributed by atoms with Crippen LogP contribution in [0.5, 0.6) is 0 Å². The van der Waals surface area contributed by atoms with E-state index in [0.717, 1.165) is 0 Å². The molecule has 1 aliphatic rings. The molecule has 0 unspecified atom stereocenters. The van der Waals surface area contributed by atoms with Gasteiger partial charge in [0.2, 0.25) is 0 Å². The van der Waals surface area contributed by atoms with Gasteiger partial charge in [-0.25, -0.2) is 4.79 Å². The number of hydrogen-bond acceptors (Lipinski definition) is 3. The first kappa shape index (κ1) is 12.3. The molecule has 0 bridgehead atoms. The molecule has 1 aliphatic heterocycles. The maximum Gasteiger partial charge on any atom is 0.410 e. The van der Waals surface area contributed by atoms with E-state index in [1.807, 2.05) is 34.6 Å². The molecule has 0 atom stereocenters. The van der Waals surface area contributed by atoms with Crippen molar-refractivity contribution >= 4 is 6.09 Å². The number of nitrogens with two attached hydrogens (primary N) is 1. The Kier molecular flexibility index (Phi) is 3.01. The van der Waals surface area contributed by atoms with Crippen molar-refractivity contribution in [2.45, 2.75) is 45.8 Å². The first-order valence-electron chi connectivity index (χ1n) is 5.36. The molecule has 0 spiro atoms. The summed E-state index contributed by atoms with van der Waals surface area (Å²) in [6.07, 6.45) is -0.233. The molecule has 1 heterocycles. The molecule has 0 aromatic heterocycles. The van der Waals surface area contributed by atoms with Crippen LogP contribution in [0, 0.1) is 5.92 Å². The molecule has 4 nitrogen and oxygen atoms in total. The van der Waals surface area contributed by atoms with Gasteiger partial charge in [-0.15, -0.1) is 0 Å². The van der Waals surface area contributed by atoms with Crippen molar-refractivity contribution in [2.75, 3.05) is 13.1 Å². The van der Waals surface area contributed by atoms with Crippen LogP contribution in [0.4, 0.5) is 4.79 Å². The third-order valence-corrected chi connectivity index (χ3v) is 2.59. The van der Waals surface area contributed by atoms with Crippen molar-refractivity contribution < 1.29 is 9.53 Å². The fourth-order valence-corrected chi connectivity index (χ4v) is 1.42. The Morgan fingerprint density at radius 3 is 2.07 bits per heavy atom. The highest BCUT2D eigenvalue weighted by molar-refractivity contribution is 5.69. The van der Waals surface area contributed by atoms with E-state index >= 15 is 0 Å². The lowest BCUT2D eigenvalue weighted by Crippen LogP contribution is -2.61. The molecule has 1 amide bonds. The Hall–Kier alpha value is -0.770. The third-order valence-electron chi connectivity index (χ3n) is 2.59. The minimum Gasteiger partial charge on any atom is -0.444 e. The summed E-state index contributed by atoms with van der Waals surface area (Å²) in [4.78, 5) is 13.3. The number of carbonyl (C=O) groups excluding carboxylic acids is 1. The average molecular weight is 214 g/mol. The number of hydrogen-bond donors (Lipinski definition) is 1. The highest BCUT2D eigenvalue weighted by Crippen LogP contribution is 2.26. The Bertz CT molecular complexity index is 244. The zero-order valence-corrected chi connectivity index (χ0v) is 10.3. The zero-order valence-electron chi connectivity index (χ0n) is 10.3. The van der Waals surface area contributed by atoms with Crippen molar-refractivity contribution in [1.82, 2.24) is 4.90 Å². The van der Waals surface area contributed by atoms with Crippen molar-refractivity contribution in [3.8, 4) is 0 Å². The maximum absolute atomic E-state index is 11.6. The molecule has 0 saturated carbocycles. The molecule has 0 aromatic carbocycles. The van der Waals surface area contributed by atoms with Gasteiger partial charge in [0, 0.05) is 24.5 Å². The summed E-state index contributed by atoms with van der Waals surface area (Å²) < 4.78 is 5.25. The lowest BCUT2D eigenvalue weighted by Gasteiger charge is -2.45. The van der Waals surface area contributed by atoms with Gasteiger partial charge in [0.1, 0.15) is 5.60 Å². The second-order valence-corrected chi connectivity index (χ2v) is 5.90. The third kappa shape index (κ3) is 3.38. The van der Waals surface area contributed by atoms with Gasteiger partial charge in [-0.3, -0.25) is 0 Å². The van der Waals surface area contributed by atoms with E-state index in [2.05, 4.69) is 0 Å². The Morgan fingerprint density at radius 2 is 1.73 bits per heavy atom. The van der Waals surface area contributed by atoms with Crippen LogP contribution < -0.4 is 5.73 Å². The predicted molar refractivity (Wildman–Crippen MR) is 59.6 cm³/mol. The van der Waals surface area contributed by atoms with E-state index in [9.17, 15) is 4.79 Å². The molecule has 4 heteroatoms. The van der Waals surface area contributed by atoms with Crippen molar-refractivity contribution in [2.24, 2.45) is 11.7 Å². The molecule has 88 valence electrons. The molecule has 0 radical (unpaired) electrons. The van der Waals surface area contributed by atoms with E-state index < -0.39 is 5.60 Å². The molecule has 1 saturated heterocycles. The zero-order chi connectivity index (χ0) is 11.9. The largest absolute Gasteiger partial charge is 0.444 e. The van der Waals surface area contributed by atoms with Gasteiger partial charge < -0.3 is 15.4 Å². The van der Waals surface area contributed by atoms with Crippen molar-refractivity contribution in [1.29, 1.82) is 0 Å². The molecule has 2 N–H and O–H groups in total. The van der Waals surface area contributed by atoms with Crippen LogP contribution in [-0.4, -0.2) is 35.2 Å². The van der Waals surface area contributed by atoms with Crippen LogP contribution in [0.3, 0.4) is 0 Å². The minimum absolute atomic E-state index is 0.210. The molecule has 1 rings (SSSR count). The summed E-state index contributed by atoms with van der Waals surface area (Å²) in [7, 11) is 0. The van der Waals surface area contributed by atoms with Crippen LogP contribution in [0.2, 0.25) is 0 Å².